The molecule has 2 N–H and O–H groups in total. The van der Waals surface area contributed by atoms with Gasteiger partial charge in [0, 0.05) is 18.0 Å². The molecule has 0 saturated carbocycles. The standard InChI is InChI=1S/C18H16F6N2O2S/c1-2-13(14(27)10-5-7-11(8-6-10)17(19,20)21)26-15(28)12-4-3-9-25-16(12)29-18(22,23)24/h3-9,13-14,27H,2H2,1H3,(H,26,28). The molecule has 1 amide bonds. The number of thioether (sulfide) groups is 1. The normalized spacial score (nSPS) is 14.3. The predicted molar refractivity (Wildman–Crippen MR) is 94.1 cm³/mol. The number of hydrogen-bond donors (Lipinski definition) is 2. The Hall–Kier alpha value is -2.27. The number of benzene rings is 1. The van der Waals surface area contributed by atoms with E-state index in [-0.39, 0.29) is 17.5 Å². The molecule has 11 heteroatoms. The van der Waals surface area contributed by atoms with Gasteiger partial charge in [0.15, 0.2) is 0 Å². The lowest BCUT2D eigenvalue weighted by atomic mass is 9.98. The SMILES string of the molecule is CCC(NC(=O)c1cccnc1SC(F)(F)F)C(O)c1ccc(C(F)(F)F)cc1. The molecule has 0 spiro atoms. The molecule has 2 rings (SSSR count). The summed E-state index contributed by atoms with van der Waals surface area (Å²) < 4.78 is 75.9. The lowest BCUT2D eigenvalue weighted by Crippen LogP contribution is -2.39. The van der Waals surface area contributed by atoms with Gasteiger partial charge in [0.25, 0.3) is 5.91 Å². The molecule has 1 heterocycles. The van der Waals surface area contributed by atoms with Gasteiger partial charge in [-0.3, -0.25) is 4.79 Å². The van der Waals surface area contributed by atoms with Gasteiger partial charge in [0.05, 0.1) is 23.3 Å². The maximum absolute atomic E-state index is 12.7. The molecular weight excluding hydrogens is 422 g/mol. The lowest BCUT2D eigenvalue weighted by Gasteiger charge is -2.24. The summed E-state index contributed by atoms with van der Waals surface area (Å²) >= 11 is -0.542. The Morgan fingerprint density at radius 1 is 1.14 bits per heavy atom. The summed E-state index contributed by atoms with van der Waals surface area (Å²) in [5.74, 6) is -0.886. The minimum Gasteiger partial charge on any atom is -0.386 e. The number of carbonyl (C=O) groups is 1. The number of halogens is 6. The topological polar surface area (TPSA) is 62.2 Å². The van der Waals surface area contributed by atoms with E-state index in [2.05, 4.69) is 10.3 Å². The summed E-state index contributed by atoms with van der Waals surface area (Å²) in [6, 6.07) is 5.27. The third kappa shape index (κ3) is 6.36. The van der Waals surface area contributed by atoms with Crippen LogP contribution in [0.3, 0.4) is 0 Å². The number of nitrogens with one attached hydrogen (secondary N) is 1. The van der Waals surface area contributed by atoms with Gasteiger partial charge in [-0.05, 0) is 36.2 Å². The number of rotatable bonds is 6. The zero-order chi connectivity index (χ0) is 21.8. The maximum atomic E-state index is 12.7. The summed E-state index contributed by atoms with van der Waals surface area (Å²) in [6.07, 6.45) is -4.61. The second kappa shape index (κ2) is 9.04. The van der Waals surface area contributed by atoms with Crippen LogP contribution >= 0.6 is 11.8 Å². The Kier molecular flexibility index (Phi) is 7.17. The molecule has 2 unspecified atom stereocenters. The van der Waals surface area contributed by atoms with E-state index in [0.29, 0.717) is 0 Å². The number of aliphatic hydroxyl groups is 1. The molecule has 0 aliphatic rings. The Balaban J connectivity index is 2.18. The summed E-state index contributed by atoms with van der Waals surface area (Å²) in [6.45, 7) is 1.60. The number of carbonyl (C=O) groups excluding carboxylic acids is 1. The third-order valence-corrected chi connectivity index (χ3v) is 4.70. The van der Waals surface area contributed by atoms with E-state index in [0.717, 1.165) is 36.5 Å². The molecular formula is C18H16F6N2O2S. The van der Waals surface area contributed by atoms with Gasteiger partial charge < -0.3 is 10.4 Å². The van der Waals surface area contributed by atoms with Crippen molar-refractivity contribution < 1.29 is 36.2 Å². The van der Waals surface area contributed by atoms with Crippen molar-refractivity contribution in [2.75, 3.05) is 0 Å². The Labute approximate surface area is 166 Å². The highest BCUT2D eigenvalue weighted by Gasteiger charge is 2.33. The fraction of sp³-hybridized carbons (Fsp3) is 0.333. The number of aliphatic hydroxyl groups excluding tert-OH is 1. The van der Waals surface area contributed by atoms with Crippen LogP contribution in [-0.2, 0) is 6.18 Å². The van der Waals surface area contributed by atoms with E-state index in [1.807, 2.05) is 0 Å². The van der Waals surface area contributed by atoms with E-state index in [1.54, 1.807) is 6.92 Å². The quantitative estimate of drug-likeness (QED) is 0.495. The summed E-state index contributed by atoms with van der Waals surface area (Å²) in [5, 5.41) is 12.3. The van der Waals surface area contributed by atoms with Crippen molar-refractivity contribution in [1.29, 1.82) is 0 Å². The van der Waals surface area contributed by atoms with Crippen molar-refractivity contribution in [2.24, 2.45) is 0 Å². The molecule has 0 fully saturated rings. The van der Waals surface area contributed by atoms with Crippen LogP contribution in [0.1, 0.15) is 40.9 Å². The summed E-state index contributed by atoms with van der Waals surface area (Å²) in [4.78, 5) is 16.0. The molecule has 0 bridgehead atoms. The van der Waals surface area contributed by atoms with Gasteiger partial charge in [-0.2, -0.15) is 26.3 Å². The Bertz CT molecular complexity index is 839. The third-order valence-electron chi connectivity index (χ3n) is 3.95. The van der Waals surface area contributed by atoms with Crippen LogP contribution < -0.4 is 5.32 Å². The van der Waals surface area contributed by atoms with Gasteiger partial charge in [-0.1, -0.05) is 19.1 Å². The molecule has 2 atom stereocenters. The number of aromatic nitrogens is 1. The highest BCUT2D eigenvalue weighted by atomic mass is 32.2. The molecule has 0 radical (unpaired) electrons. The van der Waals surface area contributed by atoms with Crippen LogP contribution in [0.25, 0.3) is 0 Å². The van der Waals surface area contributed by atoms with Crippen LogP contribution in [-0.4, -0.2) is 27.5 Å². The molecule has 2 aromatic rings. The molecule has 158 valence electrons. The largest absolute Gasteiger partial charge is 0.447 e. The van der Waals surface area contributed by atoms with Crippen LogP contribution in [0.2, 0.25) is 0 Å². The monoisotopic (exact) mass is 438 g/mol. The highest BCUT2D eigenvalue weighted by Crippen LogP contribution is 2.37. The molecule has 4 nitrogen and oxygen atoms in total. The lowest BCUT2D eigenvalue weighted by molar-refractivity contribution is -0.137. The summed E-state index contributed by atoms with van der Waals surface area (Å²) in [5.41, 5.74) is -5.74. The second-order valence-electron chi connectivity index (χ2n) is 5.96. The average Bonchev–Trinajstić information content (AvgIpc) is 2.64. The van der Waals surface area contributed by atoms with Gasteiger partial charge in [0.1, 0.15) is 5.03 Å². The number of nitrogens with zero attached hydrogens (tertiary/aromatic N) is 1. The van der Waals surface area contributed by atoms with E-state index in [9.17, 15) is 36.2 Å². The smallest absolute Gasteiger partial charge is 0.386 e. The van der Waals surface area contributed by atoms with Crippen LogP contribution in [0.15, 0.2) is 47.6 Å². The molecule has 1 aromatic heterocycles. The number of pyridine rings is 1. The molecule has 0 aliphatic heterocycles. The average molecular weight is 438 g/mol. The van der Waals surface area contributed by atoms with E-state index in [4.69, 9.17) is 0 Å². The zero-order valence-electron chi connectivity index (χ0n) is 14.9. The van der Waals surface area contributed by atoms with Gasteiger partial charge >= 0.3 is 11.7 Å². The minimum atomic E-state index is -4.65. The Morgan fingerprint density at radius 2 is 1.76 bits per heavy atom. The molecule has 29 heavy (non-hydrogen) atoms. The van der Waals surface area contributed by atoms with Crippen LogP contribution in [0.5, 0.6) is 0 Å². The van der Waals surface area contributed by atoms with Crippen molar-refractivity contribution in [3.63, 3.8) is 0 Å². The van der Waals surface area contributed by atoms with Crippen LogP contribution in [0, 0.1) is 0 Å². The van der Waals surface area contributed by atoms with Crippen LogP contribution in [0.4, 0.5) is 26.3 Å². The fourth-order valence-corrected chi connectivity index (χ4v) is 3.11. The second-order valence-corrected chi connectivity index (χ2v) is 7.01. The number of hydrogen-bond acceptors (Lipinski definition) is 4. The maximum Gasteiger partial charge on any atom is 0.447 e. The van der Waals surface area contributed by atoms with Crippen molar-refractivity contribution in [3.8, 4) is 0 Å². The first-order valence-electron chi connectivity index (χ1n) is 8.29. The van der Waals surface area contributed by atoms with Crippen molar-refractivity contribution in [1.82, 2.24) is 10.3 Å². The Morgan fingerprint density at radius 3 is 2.28 bits per heavy atom. The van der Waals surface area contributed by atoms with E-state index >= 15 is 0 Å². The van der Waals surface area contributed by atoms with E-state index < -0.39 is 52.1 Å². The summed E-state index contributed by atoms with van der Waals surface area (Å²) in [7, 11) is 0. The van der Waals surface area contributed by atoms with Crippen molar-refractivity contribution >= 4 is 17.7 Å². The molecule has 0 saturated heterocycles. The number of alkyl halides is 6. The predicted octanol–water partition coefficient (Wildman–Crippen LogP) is 4.95. The molecule has 1 aromatic carbocycles. The zero-order valence-corrected chi connectivity index (χ0v) is 15.7. The minimum absolute atomic E-state index is 0.126. The van der Waals surface area contributed by atoms with Crippen molar-refractivity contribution in [2.45, 2.75) is 42.2 Å². The van der Waals surface area contributed by atoms with Gasteiger partial charge in [0.2, 0.25) is 0 Å². The first-order valence-corrected chi connectivity index (χ1v) is 9.11. The highest BCUT2D eigenvalue weighted by molar-refractivity contribution is 8.00. The first kappa shape index (κ1) is 23.0. The fourth-order valence-electron chi connectivity index (χ4n) is 2.51. The number of amides is 1. The van der Waals surface area contributed by atoms with Gasteiger partial charge in [-0.15, -0.1) is 0 Å². The van der Waals surface area contributed by atoms with Gasteiger partial charge in [-0.25, -0.2) is 4.98 Å². The first-order chi connectivity index (χ1) is 13.4. The molecule has 0 aliphatic carbocycles. The van der Waals surface area contributed by atoms with E-state index in [1.165, 1.54) is 6.07 Å². The van der Waals surface area contributed by atoms with Crippen molar-refractivity contribution in [3.05, 3.63) is 59.3 Å².